The highest BCUT2D eigenvalue weighted by Gasteiger charge is 2.14. The summed E-state index contributed by atoms with van der Waals surface area (Å²) in [6.07, 6.45) is 4.51. The number of nitrogens with zero attached hydrogens (tertiary/aromatic N) is 3. The molecule has 0 aliphatic carbocycles. The number of carbonyl (C=O) groups excluding carboxylic acids is 1. The average molecular weight is 330 g/mol. The van der Waals surface area contributed by atoms with E-state index in [0.29, 0.717) is 26.2 Å². The van der Waals surface area contributed by atoms with Gasteiger partial charge in [0.2, 0.25) is 0 Å². The van der Waals surface area contributed by atoms with Crippen molar-refractivity contribution in [3.8, 4) is 0 Å². The van der Waals surface area contributed by atoms with Crippen LogP contribution in [0.1, 0.15) is 16.7 Å². The monoisotopic (exact) mass is 330 g/mol. The van der Waals surface area contributed by atoms with Crippen molar-refractivity contribution in [1.82, 2.24) is 20.0 Å². The minimum Gasteiger partial charge on any atom is -0.383 e. The molecule has 2 rings (SSSR count). The molecule has 0 atom stereocenters. The molecule has 2 aromatic rings. The molecule has 1 aromatic heterocycles. The van der Waals surface area contributed by atoms with E-state index in [-0.39, 0.29) is 6.03 Å². The lowest BCUT2D eigenvalue weighted by Gasteiger charge is -2.22. The van der Waals surface area contributed by atoms with E-state index in [9.17, 15) is 4.79 Å². The molecule has 0 spiro atoms. The molecule has 0 aliphatic heterocycles. The van der Waals surface area contributed by atoms with Gasteiger partial charge in [-0.3, -0.25) is 4.68 Å². The van der Waals surface area contributed by atoms with Gasteiger partial charge in [-0.1, -0.05) is 29.8 Å². The molecule has 1 N–H and O–H groups in total. The fourth-order valence-corrected chi connectivity index (χ4v) is 2.41. The van der Waals surface area contributed by atoms with Crippen LogP contribution in [0.3, 0.4) is 0 Å². The van der Waals surface area contributed by atoms with Gasteiger partial charge in [0, 0.05) is 39.0 Å². The Bertz CT molecular complexity index is 637. The van der Waals surface area contributed by atoms with Gasteiger partial charge in [0.25, 0.3) is 0 Å². The molecule has 1 aromatic carbocycles. The first kappa shape index (κ1) is 18.0. The van der Waals surface area contributed by atoms with E-state index in [0.717, 1.165) is 12.0 Å². The number of nitrogens with one attached hydrogen (secondary N) is 1. The molecule has 1 heterocycles. The van der Waals surface area contributed by atoms with E-state index in [1.165, 1.54) is 11.1 Å². The van der Waals surface area contributed by atoms with Gasteiger partial charge in [-0.2, -0.15) is 5.10 Å². The Morgan fingerprint density at radius 1 is 1.29 bits per heavy atom. The van der Waals surface area contributed by atoms with Crippen LogP contribution in [-0.2, 0) is 24.8 Å². The SMILES string of the molecule is COCCN(Cc1cnn(C)c1)C(=O)NCCc1ccc(C)cc1. The number of aromatic nitrogens is 2. The minimum absolute atomic E-state index is 0.0805. The predicted octanol–water partition coefficient (Wildman–Crippen LogP) is 2.13. The van der Waals surface area contributed by atoms with E-state index in [2.05, 4.69) is 41.6 Å². The maximum Gasteiger partial charge on any atom is 0.317 e. The summed E-state index contributed by atoms with van der Waals surface area (Å²) >= 11 is 0. The summed E-state index contributed by atoms with van der Waals surface area (Å²) < 4.78 is 6.84. The summed E-state index contributed by atoms with van der Waals surface area (Å²) in [6, 6.07) is 8.29. The quantitative estimate of drug-likeness (QED) is 0.807. The number of hydrogen-bond donors (Lipinski definition) is 1. The fraction of sp³-hybridized carbons (Fsp3) is 0.444. The third kappa shape index (κ3) is 5.70. The lowest BCUT2D eigenvalue weighted by molar-refractivity contribution is 0.146. The van der Waals surface area contributed by atoms with Gasteiger partial charge < -0.3 is 15.0 Å². The molecule has 0 saturated carbocycles. The van der Waals surface area contributed by atoms with Gasteiger partial charge in [0.05, 0.1) is 19.3 Å². The number of benzene rings is 1. The van der Waals surface area contributed by atoms with Crippen molar-refractivity contribution in [1.29, 1.82) is 0 Å². The van der Waals surface area contributed by atoms with Crippen molar-refractivity contribution >= 4 is 6.03 Å². The largest absolute Gasteiger partial charge is 0.383 e. The molecule has 24 heavy (non-hydrogen) atoms. The number of aryl methyl sites for hydroxylation is 2. The number of rotatable bonds is 8. The zero-order valence-electron chi connectivity index (χ0n) is 14.7. The van der Waals surface area contributed by atoms with Crippen LogP contribution in [0.25, 0.3) is 0 Å². The highest BCUT2D eigenvalue weighted by Crippen LogP contribution is 2.05. The lowest BCUT2D eigenvalue weighted by Crippen LogP contribution is -2.41. The molecule has 0 aliphatic rings. The Morgan fingerprint density at radius 3 is 2.67 bits per heavy atom. The molecular weight excluding hydrogens is 304 g/mol. The van der Waals surface area contributed by atoms with Crippen molar-refractivity contribution in [2.24, 2.45) is 7.05 Å². The number of carbonyl (C=O) groups is 1. The molecule has 130 valence electrons. The average Bonchev–Trinajstić information content (AvgIpc) is 2.98. The standard InChI is InChI=1S/C18H26N4O2/c1-15-4-6-16(7-5-15)8-9-19-18(23)22(10-11-24-3)14-17-12-20-21(2)13-17/h4-7,12-13H,8-11,14H2,1-3H3,(H,19,23). The van der Waals surface area contributed by atoms with Crippen LogP contribution in [0.2, 0.25) is 0 Å². The van der Waals surface area contributed by atoms with Gasteiger partial charge >= 0.3 is 6.03 Å². The lowest BCUT2D eigenvalue weighted by atomic mass is 10.1. The molecule has 0 bridgehead atoms. The Labute approximate surface area is 143 Å². The molecule has 0 unspecified atom stereocenters. The van der Waals surface area contributed by atoms with E-state index < -0.39 is 0 Å². The molecule has 2 amide bonds. The van der Waals surface area contributed by atoms with Gasteiger partial charge in [0.15, 0.2) is 0 Å². The topological polar surface area (TPSA) is 59.4 Å². The summed E-state index contributed by atoms with van der Waals surface area (Å²) in [6.45, 7) is 4.25. The highest BCUT2D eigenvalue weighted by atomic mass is 16.5. The maximum atomic E-state index is 12.4. The summed E-state index contributed by atoms with van der Waals surface area (Å²) in [4.78, 5) is 14.2. The molecular formula is C18H26N4O2. The van der Waals surface area contributed by atoms with Crippen LogP contribution in [0, 0.1) is 6.92 Å². The molecule has 0 saturated heterocycles. The van der Waals surface area contributed by atoms with Crippen molar-refractivity contribution in [2.75, 3.05) is 26.8 Å². The molecule has 6 heteroatoms. The zero-order valence-corrected chi connectivity index (χ0v) is 14.7. The highest BCUT2D eigenvalue weighted by molar-refractivity contribution is 5.74. The summed E-state index contributed by atoms with van der Waals surface area (Å²) in [5.74, 6) is 0. The first-order chi connectivity index (χ1) is 11.6. The number of amides is 2. The molecule has 0 radical (unpaired) electrons. The fourth-order valence-electron chi connectivity index (χ4n) is 2.41. The Hall–Kier alpha value is -2.34. The van der Waals surface area contributed by atoms with E-state index in [1.807, 2.05) is 13.2 Å². The Balaban J connectivity index is 1.85. The second-order valence-electron chi connectivity index (χ2n) is 5.90. The number of hydrogen-bond acceptors (Lipinski definition) is 3. The van der Waals surface area contributed by atoms with E-state index in [1.54, 1.807) is 22.9 Å². The van der Waals surface area contributed by atoms with Crippen molar-refractivity contribution in [3.63, 3.8) is 0 Å². The third-order valence-corrected chi connectivity index (χ3v) is 3.79. The molecule has 0 fully saturated rings. The Kier molecular flexibility index (Phi) is 6.81. The summed E-state index contributed by atoms with van der Waals surface area (Å²) in [5, 5.41) is 7.13. The van der Waals surface area contributed by atoms with E-state index in [4.69, 9.17) is 4.74 Å². The van der Waals surface area contributed by atoms with Crippen LogP contribution >= 0.6 is 0 Å². The normalized spacial score (nSPS) is 10.6. The first-order valence-electron chi connectivity index (χ1n) is 8.13. The van der Waals surface area contributed by atoms with Crippen molar-refractivity contribution < 1.29 is 9.53 Å². The van der Waals surface area contributed by atoms with E-state index >= 15 is 0 Å². The van der Waals surface area contributed by atoms with Crippen LogP contribution in [0.5, 0.6) is 0 Å². The zero-order chi connectivity index (χ0) is 17.4. The van der Waals surface area contributed by atoms with Crippen molar-refractivity contribution in [2.45, 2.75) is 19.9 Å². The molecule has 6 nitrogen and oxygen atoms in total. The van der Waals surface area contributed by atoms with Gasteiger partial charge in [-0.25, -0.2) is 4.79 Å². The van der Waals surface area contributed by atoms with Crippen LogP contribution in [0.15, 0.2) is 36.7 Å². The Morgan fingerprint density at radius 2 is 2.04 bits per heavy atom. The van der Waals surface area contributed by atoms with Crippen LogP contribution in [-0.4, -0.2) is 47.5 Å². The van der Waals surface area contributed by atoms with Gasteiger partial charge in [-0.15, -0.1) is 0 Å². The predicted molar refractivity (Wildman–Crippen MR) is 93.8 cm³/mol. The minimum atomic E-state index is -0.0805. The first-order valence-corrected chi connectivity index (χ1v) is 8.13. The number of methoxy groups -OCH3 is 1. The van der Waals surface area contributed by atoms with Gasteiger partial charge in [0.1, 0.15) is 0 Å². The summed E-state index contributed by atoms with van der Waals surface area (Å²) in [7, 11) is 3.50. The van der Waals surface area contributed by atoms with Gasteiger partial charge in [-0.05, 0) is 18.9 Å². The number of ether oxygens (including phenoxy) is 1. The van der Waals surface area contributed by atoms with Crippen molar-refractivity contribution in [3.05, 3.63) is 53.3 Å². The van der Waals surface area contributed by atoms with Crippen LogP contribution < -0.4 is 5.32 Å². The summed E-state index contributed by atoms with van der Waals surface area (Å²) in [5.41, 5.74) is 3.46. The smallest absolute Gasteiger partial charge is 0.317 e. The maximum absolute atomic E-state index is 12.4. The second-order valence-corrected chi connectivity index (χ2v) is 5.90. The van der Waals surface area contributed by atoms with Crippen LogP contribution in [0.4, 0.5) is 4.79 Å². The second kappa shape index (κ2) is 9.08. The third-order valence-electron chi connectivity index (χ3n) is 3.79. The number of urea groups is 1.